The Morgan fingerprint density at radius 3 is 2.22 bits per heavy atom. The van der Waals surface area contributed by atoms with Crippen LogP contribution in [0.1, 0.15) is 63.4 Å². The first-order valence-corrected chi connectivity index (χ1v) is 10.7. The van der Waals surface area contributed by atoms with Crippen molar-refractivity contribution in [2.45, 2.75) is 64.7 Å². The van der Waals surface area contributed by atoms with Gasteiger partial charge >= 0.3 is 0 Å². The summed E-state index contributed by atoms with van der Waals surface area (Å²) >= 11 is 5.23. The van der Waals surface area contributed by atoms with Crippen LogP contribution >= 0.6 is 11.9 Å². The Labute approximate surface area is 166 Å². The van der Waals surface area contributed by atoms with Gasteiger partial charge in [0, 0.05) is 5.56 Å². The van der Waals surface area contributed by atoms with Gasteiger partial charge < -0.3 is 9.03 Å². The van der Waals surface area contributed by atoms with Crippen molar-refractivity contribution in [1.82, 2.24) is 4.98 Å². The first-order valence-electron chi connectivity index (χ1n) is 10.4. The normalized spacial score (nSPS) is 28.6. The molecule has 0 bridgehead atoms. The summed E-state index contributed by atoms with van der Waals surface area (Å²) in [5, 5.41) is 0. The molecule has 1 aromatic rings. The second-order valence-electron chi connectivity index (χ2n) is 8.67. The number of aryl methyl sites for hydroxylation is 1. The lowest BCUT2D eigenvalue weighted by atomic mass is 9.70. The SMILES string of the molecule is Cc1cc(OCl)c(F)nc1OCC1=CCC(C2CCC(C3CC3)CC2)CC1. The molecule has 3 aliphatic rings. The van der Waals surface area contributed by atoms with Gasteiger partial charge in [-0.3, -0.25) is 0 Å². The van der Waals surface area contributed by atoms with Gasteiger partial charge in [-0.2, -0.15) is 9.37 Å². The van der Waals surface area contributed by atoms with Crippen molar-refractivity contribution in [3.05, 3.63) is 29.2 Å². The zero-order chi connectivity index (χ0) is 18.8. The Morgan fingerprint density at radius 2 is 1.67 bits per heavy atom. The highest BCUT2D eigenvalue weighted by molar-refractivity contribution is 6.09. The molecule has 2 saturated carbocycles. The minimum absolute atomic E-state index is 0.0716. The van der Waals surface area contributed by atoms with Gasteiger partial charge in [0.2, 0.25) is 11.6 Å². The third kappa shape index (κ3) is 4.59. The van der Waals surface area contributed by atoms with E-state index in [2.05, 4.69) is 15.3 Å². The Balaban J connectivity index is 1.26. The number of rotatable bonds is 6. The molecule has 5 heteroatoms. The number of halogens is 2. The molecule has 0 spiro atoms. The van der Waals surface area contributed by atoms with E-state index in [0.29, 0.717) is 18.1 Å². The first-order chi connectivity index (χ1) is 13.1. The number of hydrogen-bond donors (Lipinski definition) is 0. The monoisotopic (exact) mass is 393 g/mol. The molecule has 27 heavy (non-hydrogen) atoms. The molecule has 0 aliphatic heterocycles. The maximum Gasteiger partial charge on any atom is 0.260 e. The highest BCUT2D eigenvalue weighted by Crippen LogP contribution is 2.47. The predicted molar refractivity (Wildman–Crippen MR) is 105 cm³/mol. The minimum Gasteiger partial charge on any atom is -0.473 e. The van der Waals surface area contributed by atoms with E-state index in [1.165, 1.54) is 56.6 Å². The fraction of sp³-hybridized carbons (Fsp3) is 0.682. The number of ether oxygens (including phenoxy) is 1. The number of pyridine rings is 1. The third-order valence-corrected chi connectivity index (χ3v) is 7.05. The summed E-state index contributed by atoms with van der Waals surface area (Å²) in [6, 6.07) is 1.51. The lowest BCUT2D eigenvalue weighted by molar-refractivity contribution is 0.179. The van der Waals surface area contributed by atoms with Crippen molar-refractivity contribution >= 4 is 11.9 Å². The maximum absolute atomic E-state index is 13.7. The van der Waals surface area contributed by atoms with Crippen molar-refractivity contribution in [2.75, 3.05) is 6.61 Å². The van der Waals surface area contributed by atoms with Crippen molar-refractivity contribution in [3.8, 4) is 11.6 Å². The number of nitrogens with zero attached hydrogens (tertiary/aromatic N) is 1. The molecule has 2 fully saturated rings. The molecule has 0 amide bonds. The van der Waals surface area contributed by atoms with Gasteiger partial charge in [0.25, 0.3) is 5.95 Å². The van der Waals surface area contributed by atoms with Crippen molar-refractivity contribution in [1.29, 1.82) is 0 Å². The molecule has 148 valence electrons. The summed E-state index contributed by atoms with van der Waals surface area (Å²) in [4.78, 5) is 3.82. The molecule has 0 radical (unpaired) electrons. The Morgan fingerprint density at radius 1 is 1.04 bits per heavy atom. The van der Waals surface area contributed by atoms with Gasteiger partial charge in [-0.05, 0) is 100 Å². The van der Waals surface area contributed by atoms with Gasteiger partial charge in [0.1, 0.15) is 18.5 Å². The average molecular weight is 394 g/mol. The van der Waals surface area contributed by atoms with Crippen LogP contribution in [0, 0.1) is 36.5 Å². The van der Waals surface area contributed by atoms with Crippen LogP contribution in [0.15, 0.2) is 17.7 Å². The standard InChI is InChI=1S/C22H29ClFNO2/c1-14-12-20(27-23)21(24)25-22(14)26-13-15-2-4-16(5-3-15)17-6-8-18(9-7-17)19-10-11-19/h2,12,16-19H,3-11,13H2,1H3. The van der Waals surface area contributed by atoms with Gasteiger partial charge in [0.05, 0.1) is 0 Å². The summed E-state index contributed by atoms with van der Waals surface area (Å²) < 4.78 is 23.9. The van der Waals surface area contributed by atoms with E-state index in [4.69, 9.17) is 16.6 Å². The molecule has 0 N–H and O–H groups in total. The van der Waals surface area contributed by atoms with Crippen molar-refractivity contribution in [2.24, 2.45) is 23.7 Å². The van der Waals surface area contributed by atoms with E-state index in [-0.39, 0.29) is 5.75 Å². The van der Waals surface area contributed by atoms with Gasteiger partial charge in [0.15, 0.2) is 0 Å². The molecule has 1 atom stereocenters. The van der Waals surface area contributed by atoms with Gasteiger partial charge in [-0.15, -0.1) is 0 Å². The van der Waals surface area contributed by atoms with Crippen LogP contribution in [-0.4, -0.2) is 11.6 Å². The molecule has 3 aliphatic carbocycles. The van der Waals surface area contributed by atoms with Crippen LogP contribution in [0.4, 0.5) is 4.39 Å². The topological polar surface area (TPSA) is 31.4 Å². The van der Waals surface area contributed by atoms with Crippen LogP contribution in [0.3, 0.4) is 0 Å². The fourth-order valence-electron chi connectivity index (χ4n) is 5.04. The zero-order valence-electron chi connectivity index (χ0n) is 16.1. The summed E-state index contributed by atoms with van der Waals surface area (Å²) in [5.74, 6) is 3.37. The van der Waals surface area contributed by atoms with Crippen molar-refractivity contribution < 1.29 is 13.4 Å². The summed E-state index contributed by atoms with van der Waals surface area (Å²) in [6.45, 7) is 2.29. The van der Waals surface area contributed by atoms with Crippen LogP contribution < -0.4 is 9.03 Å². The molecular formula is C22H29ClFNO2. The molecule has 4 rings (SSSR count). The third-order valence-electron chi connectivity index (χ3n) is 6.88. The molecule has 1 unspecified atom stereocenters. The molecule has 0 aromatic carbocycles. The quantitative estimate of drug-likeness (QED) is 0.415. The summed E-state index contributed by atoms with van der Waals surface area (Å²) in [7, 11) is 0. The van der Waals surface area contributed by atoms with E-state index in [9.17, 15) is 4.39 Å². The average Bonchev–Trinajstić information content (AvgIpc) is 3.54. The van der Waals surface area contributed by atoms with Crippen LogP contribution in [-0.2, 0) is 0 Å². The molecular weight excluding hydrogens is 365 g/mol. The molecule has 3 nitrogen and oxygen atoms in total. The van der Waals surface area contributed by atoms with E-state index >= 15 is 0 Å². The Hall–Kier alpha value is -1.29. The van der Waals surface area contributed by atoms with E-state index < -0.39 is 5.95 Å². The van der Waals surface area contributed by atoms with E-state index in [1.54, 1.807) is 0 Å². The number of allylic oxidation sites excluding steroid dienone is 1. The number of aromatic nitrogens is 1. The van der Waals surface area contributed by atoms with E-state index in [1.807, 2.05) is 6.92 Å². The second kappa shape index (κ2) is 8.38. The Kier molecular flexibility index (Phi) is 5.91. The lowest BCUT2D eigenvalue weighted by Crippen LogP contribution is -2.24. The molecule has 0 saturated heterocycles. The smallest absolute Gasteiger partial charge is 0.260 e. The summed E-state index contributed by atoms with van der Waals surface area (Å²) in [6.07, 6.45) is 14.6. The maximum atomic E-state index is 13.7. The zero-order valence-corrected chi connectivity index (χ0v) is 16.8. The predicted octanol–water partition coefficient (Wildman–Crippen LogP) is 6.38. The highest BCUT2D eigenvalue weighted by Gasteiger charge is 2.36. The second-order valence-corrected chi connectivity index (χ2v) is 8.83. The van der Waals surface area contributed by atoms with E-state index in [0.717, 1.165) is 36.5 Å². The fourth-order valence-corrected chi connectivity index (χ4v) is 5.14. The Bertz CT molecular complexity index is 696. The highest BCUT2D eigenvalue weighted by atomic mass is 35.5. The number of hydrogen-bond acceptors (Lipinski definition) is 3. The minimum atomic E-state index is -0.745. The molecule has 1 heterocycles. The van der Waals surface area contributed by atoms with Crippen molar-refractivity contribution in [3.63, 3.8) is 0 Å². The molecule has 1 aromatic heterocycles. The van der Waals surface area contributed by atoms with Gasteiger partial charge in [-0.25, -0.2) is 0 Å². The van der Waals surface area contributed by atoms with Gasteiger partial charge in [-0.1, -0.05) is 6.08 Å². The first kappa shape index (κ1) is 19.0. The largest absolute Gasteiger partial charge is 0.473 e. The van der Waals surface area contributed by atoms with Crippen LogP contribution in [0.25, 0.3) is 0 Å². The van der Waals surface area contributed by atoms with Crippen LogP contribution in [0.2, 0.25) is 0 Å². The lowest BCUT2D eigenvalue weighted by Gasteiger charge is -2.35. The van der Waals surface area contributed by atoms with Crippen LogP contribution in [0.5, 0.6) is 11.6 Å². The summed E-state index contributed by atoms with van der Waals surface area (Å²) in [5.41, 5.74) is 2.02.